The molecule has 2 aromatic heterocycles. The number of amides is 1. The van der Waals surface area contributed by atoms with E-state index in [9.17, 15) is 4.79 Å². The summed E-state index contributed by atoms with van der Waals surface area (Å²) in [5, 5.41) is 1.32. The molecule has 142 valence electrons. The number of fused-ring (bicyclic) bond motifs is 2. The van der Waals surface area contributed by atoms with Crippen LogP contribution in [0.1, 0.15) is 30.7 Å². The Morgan fingerprint density at radius 3 is 2.75 bits per heavy atom. The van der Waals surface area contributed by atoms with Gasteiger partial charge in [-0.3, -0.25) is 4.79 Å². The molecule has 5 rings (SSSR count). The summed E-state index contributed by atoms with van der Waals surface area (Å²) >= 11 is 0. The van der Waals surface area contributed by atoms with E-state index in [0.717, 1.165) is 37.0 Å². The van der Waals surface area contributed by atoms with Gasteiger partial charge in [-0.2, -0.15) is 0 Å². The van der Waals surface area contributed by atoms with Gasteiger partial charge in [-0.05, 0) is 42.5 Å². The zero-order valence-electron chi connectivity index (χ0n) is 15.8. The standard InChI is InChI=1S/C23H24N4O/c28-23(11-14-27-16-25-21-7-3-4-8-22(21)27)26-12-9-17(10-13-26)19-15-24-20-6-2-1-5-18(19)20/h1-8,15-17,24H,9-14H2. The summed E-state index contributed by atoms with van der Waals surface area (Å²) < 4.78 is 2.08. The van der Waals surface area contributed by atoms with Crippen LogP contribution in [0.3, 0.4) is 0 Å². The lowest BCUT2D eigenvalue weighted by molar-refractivity contribution is -0.132. The smallest absolute Gasteiger partial charge is 0.224 e. The van der Waals surface area contributed by atoms with Crippen molar-refractivity contribution >= 4 is 27.8 Å². The third kappa shape index (κ3) is 3.07. The predicted octanol–water partition coefficient (Wildman–Crippen LogP) is 4.31. The average Bonchev–Trinajstić information content (AvgIpc) is 3.36. The number of hydrogen-bond acceptors (Lipinski definition) is 2. The number of rotatable bonds is 4. The molecule has 5 nitrogen and oxygen atoms in total. The minimum Gasteiger partial charge on any atom is -0.361 e. The molecule has 0 spiro atoms. The first-order valence-corrected chi connectivity index (χ1v) is 10.0. The third-order valence-corrected chi connectivity index (χ3v) is 6.00. The maximum Gasteiger partial charge on any atom is 0.224 e. The maximum atomic E-state index is 12.7. The van der Waals surface area contributed by atoms with Gasteiger partial charge >= 0.3 is 0 Å². The molecule has 0 unspecified atom stereocenters. The van der Waals surface area contributed by atoms with Crippen molar-refractivity contribution < 1.29 is 4.79 Å². The summed E-state index contributed by atoms with van der Waals surface area (Å²) in [5.74, 6) is 0.771. The lowest BCUT2D eigenvalue weighted by Crippen LogP contribution is -2.38. The van der Waals surface area contributed by atoms with Crippen molar-refractivity contribution in [1.82, 2.24) is 19.4 Å². The topological polar surface area (TPSA) is 53.9 Å². The minimum absolute atomic E-state index is 0.246. The number of aryl methyl sites for hydroxylation is 1. The number of H-pyrrole nitrogens is 1. The molecule has 1 amide bonds. The summed E-state index contributed by atoms with van der Waals surface area (Å²) in [4.78, 5) is 22.5. The van der Waals surface area contributed by atoms with Crippen LogP contribution in [0.5, 0.6) is 0 Å². The van der Waals surface area contributed by atoms with Crippen LogP contribution in [-0.2, 0) is 11.3 Å². The van der Waals surface area contributed by atoms with E-state index in [4.69, 9.17) is 0 Å². The second-order valence-corrected chi connectivity index (χ2v) is 7.62. The molecule has 2 aromatic carbocycles. The Kier molecular flexibility index (Phi) is 4.35. The number of carbonyl (C=O) groups is 1. The zero-order valence-corrected chi connectivity index (χ0v) is 15.8. The number of carbonyl (C=O) groups excluding carboxylic acids is 1. The van der Waals surface area contributed by atoms with Crippen molar-refractivity contribution in [3.05, 3.63) is 66.6 Å². The molecule has 0 aliphatic carbocycles. The molecular formula is C23H24N4O. The van der Waals surface area contributed by atoms with Crippen molar-refractivity contribution in [2.45, 2.75) is 31.7 Å². The fourth-order valence-corrected chi connectivity index (χ4v) is 4.43. The number of aromatic amines is 1. The van der Waals surface area contributed by atoms with Gasteiger partial charge in [-0.25, -0.2) is 4.98 Å². The van der Waals surface area contributed by atoms with Crippen molar-refractivity contribution in [2.75, 3.05) is 13.1 Å². The summed E-state index contributed by atoms with van der Waals surface area (Å²) in [7, 11) is 0. The minimum atomic E-state index is 0.246. The van der Waals surface area contributed by atoms with E-state index in [1.807, 2.05) is 29.4 Å². The van der Waals surface area contributed by atoms with Crippen LogP contribution in [0.25, 0.3) is 21.9 Å². The highest BCUT2D eigenvalue weighted by Gasteiger charge is 2.25. The van der Waals surface area contributed by atoms with Crippen LogP contribution < -0.4 is 0 Å². The number of hydrogen-bond donors (Lipinski definition) is 1. The van der Waals surface area contributed by atoms with Gasteiger partial charge in [-0.15, -0.1) is 0 Å². The molecule has 0 radical (unpaired) electrons. The van der Waals surface area contributed by atoms with E-state index in [2.05, 4.69) is 51.1 Å². The lowest BCUT2D eigenvalue weighted by atomic mass is 9.89. The van der Waals surface area contributed by atoms with Gasteiger partial charge in [0.25, 0.3) is 0 Å². The molecule has 0 atom stereocenters. The Morgan fingerprint density at radius 1 is 1.07 bits per heavy atom. The molecule has 3 heterocycles. The van der Waals surface area contributed by atoms with Crippen LogP contribution in [0, 0.1) is 0 Å². The van der Waals surface area contributed by atoms with Gasteiger partial charge in [0.15, 0.2) is 0 Å². The first-order chi connectivity index (χ1) is 13.8. The second-order valence-electron chi connectivity index (χ2n) is 7.62. The highest BCUT2D eigenvalue weighted by Crippen LogP contribution is 2.33. The molecule has 1 saturated heterocycles. The first kappa shape index (κ1) is 17.0. The van der Waals surface area contributed by atoms with Gasteiger partial charge in [0.05, 0.1) is 17.4 Å². The highest BCUT2D eigenvalue weighted by molar-refractivity contribution is 5.83. The molecule has 1 fully saturated rings. The van der Waals surface area contributed by atoms with Crippen LogP contribution >= 0.6 is 0 Å². The summed E-state index contributed by atoms with van der Waals surface area (Å²) in [6, 6.07) is 16.5. The number of piperidine rings is 1. The quantitative estimate of drug-likeness (QED) is 0.580. The molecule has 4 aromatic rings. The zero-order chi connectivity index (χ0) is 18.9. The van der Waals surface area contributed by atoms with Gasteiger partial charge < -0.3 is 14.5 Å². The fraction of sp³-hybridized carbons (Fsp3) is 0.304. The number of nitrogens with zero attached hydrogens (tertiary/aromatic N) is 3. The maximum absolute atomic E-state index is 12.7. The predicted molar refractivity (Wildman–Crippen MR) is 111 cm³/mol. The number of benzene rings is 2. The Bertz CT molecular complexity index is 1120. The second kappa shape index (κ2) is 7.15. The van der Waals surface area contributed by atoms with Crippen LogP contribution in [0.2, 0.25) is 0 Å². The van der Waals surface area contributed by atoms with Gasteiger partial charge in [0, 0.05) is 43.2 Å². The van der Waals surface area contributed by atoms with E-state index < -0.39 is 0 Å². The number of imidazole rings is 1. The Balaban J connectivity index is 1.20. The molecule has 5 heteroatoms. The largest absolute Gasteiger partial charge is 0.361 e. The fourth-order valence-electron chi connectivity index (χ4n) is 4.43. The Labute approximate surface area is 164 Å². The molecule has 0 saturated carbocycles. The first-order valence-electron chi connectivity index (χ1n) is 10.0. The third-order valence-electron chi connectivity index (χ3n) is 6.00. The van der Waals surface area contributed by atoms with Crippen LogP contribution in [0.15, 0.2) is 61.1 Å². The molecule has 1 aliphatic heterocycles. The normalized spacial score (nSPS) is 15.5. The number of nitrogens with one attached hydrogen (secondary N) is 1. The van der Waals surface area contributed by atoms with Crippen LogP contribution in [0.4, 0.5) is 0 Å². The molecule has 0 bridgehead atoms. The van der Waals surface area contributed by atoms with Crippen molar-refractivity contribution in [3.63, 3.8) is 0 Å². The number of likely N-dealkylation sites (tertiary alicyclic amines) is 1. The molecule has 1 N–H and O–H groups in total. The van der Waals surface area contributed by atoms with Gasteiger partial charge in [0.1, 0.15) is 0 Å². The summed E-state index contributed by atoms with van der Waals surface area (Å²) in [5.41, 5.74) is 4.67. The SMILES string of the molecule is O=C(CCn1cnc2ccccc21)N1CCC(c2c[nH]c3ccccc23)CC1. The monoisotopic (exact) mass is 372 g/mol. The van der Waals surface area contributed by atoms with E-state index in [-0.39, 0.29) is 5.91 Å². The molecule has 28 heavy (non-hydrogen) atoms. The lowest BCUT2D eigenvalue weighted by Gasteiger charge is -2.32. The molecule has 1 aliphatic rings. The Morgan fingerprint density at radius 2 is 1.86 bits per heavy atom. The van der Waals surface area contributed by atoms with Crippen molar-refractivity contribution in [1.29, 1.82) is 0 Å². The average molecular weight is 372 g/mol. The number of para-hydroxylation sites is 3. The Hall–Kier alpha value is -3.08. The summed E-state index contributed by atoms with van der Waals surface area (Å²) in [6.45, 7) is 2.36. The number of aromatic nitrogens is 3. The highest BCUT2D eigenvalue weighted by atomic mass is 16.2. The van der Waals surface area contributed by atoms with Crippen molar-refractivity contribution in [2.24, 2.45) is 0 Å². The van der Waals surface area contributed by atoms with Gasteiger partial charge in [0.2, 0.25) is 5.91 Å². The van der Waals surface area contributed by atoms with Crippen LogP contribution in [-0.4, -0.2) is 38.4 Å². The van der Waals surface area contributed by atoms with E-state index in [0.29, 0.717) is 18.9 Å². The van der Waals surface area contributed by atoms with Crippen molar-refractivity contribution in [3.8, 4) is 0 Å². The molecular weight excluding hydrogens is 348 g/mol. The van der Waals surface area contributed by atoms with E-state index in [1.54, 1.807) is 0 Å². The summed E-state index contributed by atoms with van der Waals surface area (Å²) in [6.07, 6.45) is 6.57. The van der Waals surface area contributed by atoms with E-state index >= 15 is 0 Å². The van der Waals surface area contributed by atoms with Gasteiger partial charge in [-0.1, -0.05) is 30.3 Å². The van der Waals surface area contributed by atoms with E-state index in [1.165, 1.54) is 16.5 Å².